The van der Waals surface area contributed by atoms with Crippen LogP contribution in [0.1, 0.15) is 17.3 Å². The van der Waals surface area contributed by atoms with Crippen molar-refractivity contribution in [1.29, 1.82) is 0 Å². The van der Waals surface area contributed by atoms with Gasteiger partial charge in [0.05, 0.1) is 5.56 Å². The van der Waals surface area contributed by atoms with E-state index in [0.717, 1.165) is 30.5 Å². The fourth-order valence-electron chi connectivity index (χ4n) is 2.72. The third kappa shape index (κ3) is 2.14. The van der Waals surface area contributed by atoms with E-state index >= 15 is 0 Å². The zero-order valence-electron chi connectivity index (χ0n) is 11.9. The van der Waals surface area contributed by atoms with Crippen molar-refractivity contribution in [3.8, 4) is 0 Å². The number of amides is 1. The van der Waals surface area contributed by atoms with Crippen LogP contribution in [0.3, 0.4) is 0 Å². The van der Waals surface area contributed by atoms with Gasteiger partial charge in [0.1, 0.15) is 0 Å². The summed E-state index contributed by atoms with van der Waals surface area (Å²) in [4.78, 5) is 20.0. The molecule has 2 heterocycles. The number of H-pyrrole nitrogens is 1. The summed E-state index contributed by atoms with van der Waals surface area (Å²) in [6.07, 6.45) is 1.79. The van der Waals surface area contributed by atoms with E-state index < -0.39 is 0 Å². The zero-order chi connectivity index (χ0) is 14.3. The van der Waals surface area contributed by atoms with Gasteiger partial charge in [-0.15, -0.1) is 0 Å². The Morgan fingerprint density at radius 3 is 2.95 bits per heavy atom. The van der Waals surface area contributed by atoms with Gasteiger partial charge in [-0.05, 0) is 32.2 Å². The number of anilines is 1. The van der Waals surface area contributed by atoms with E-state index in [4.69, 9.17) is 5.73 Å². The molecule has 5 heteroatoms. The molecule has 1 atom stereocenters. The first-order chi connectivity index (χ1) is 9.56. The number of aromatic amines is 1. The lowest BCUT2D eigenvalue weighted by Gasteiger charge is -2.37. The van der Waals surface area contributed by atoms with Gasteiger partial charge in [-0.1, -0.05) is 0 Å². The monoisotopic (exact) mass is 272 g/mol. The molecule has 1 aromatic carbocycles. The number of likely N-dealkylation sites (N-methyl/N-ethyl adjacent to an activating group) is 1. The average molecular weight is 272 g/mol. The minimum atomic E-state index is 0.0850. The van der Waals surface area contributed by atoms with E-state index in [-0.39, 0.29) is 5.91 Å². The van der Waals surface area contributed by atoms with Gasteiger partial charge >= 0.3 is 0 Å². The van der Waals surface area contributed by atoms with Crippen LogP contribution in [0.4, 0.5) is 5.69 Å². The molecule has 3 rings (SSSR count). The first-order valence-corrected chi connectivity index (χ1v) is 6.92. The third-order valence-corrected chi connectivity index (χ3v) is 4.18. The summed E-state index contributed by atoms with van der Waals surface area (Å²) >= 11 is 0. The first-order valence-electron chi connectivity index (χ1n) is 6.92. The second kappa shape index (κ2) is 4.83. The number of nitrogens with two attached hydrogens (primary N) is 1. The molecule has 1 aliphatic heterocycles. The normalized spacial score (nSPS) is 20.5. The molecule has 1 amide bonds. The van der Waals surface area contributed by atoms with Crippen molar-refractivity contribution in [3.63, 3.8) is 0 Å². The minimum Gasteiger partial charge on any atom is -0.399 e. The van der Waals surface area contributed by atoms with E-state index in [1.54, 1.807) is 6.20 Å². The van der Waals surface area contributed by atoms with E-state index in [1.807, 2.05) is 23.1 Å². The number of benzene rings is 1. The molecule has 0 bridgehead atoms. The molecule has 20 heavy (non-hydrogen) atoms. The Kier molecular flexibility index (Phi) is 3.14. The Balaban J connectivity index is 1.91. The lowest BCUT2D eigenvalue weighted by atomic mass is 10.1. The largest absolute Gasteiger partial charge is 0.399 e. The molecule has 0 radical (unpaired) electrons. The number of rotatable bonds is 1. The number of nitrogens with one attached hydrogen (secondary N) is 1. The van der Waals surface area contributed by atoms with Gasteiger partial charge in [-0.25, -0.2) is 0 Å². The van der Waals surface area contributed by atoms with Crippen LogP contribution in [-0.2, 0) is 0 Å². The number of hydrogen-bond donors (Lipinski definition) is 2. The highest BCUT2D eigenvalue weighted by Crippen LogP contribution is 2.23. The van der Waals surface area contributed by atoms with Crippen LogP contribution < -0.4 is 5.73 Å². The van der Waals surface area contributed by atoms with E-state index in [1.165, 1.54) is 0 Å². The molecule has 3 N–H and O–H groups in total. The second-order valence-electron chi connectivity index (χ2n) is 5.59. The molecular formula is C15H20N4O. The van der Waals surface area contributed by atoms with Gasteiger partial charge in [0.15, 0.2) is 0 Å². The predicted octanol–water partition coefficient (Wildman–Crippen LogP) is 1.53. The summed E-state index contributed by atoms with van der Waals surface area (Å²) in [5.74, 6) is 0.0850. The fourth-order valence-corrected chi connectivity index (χ4v) is 2.72. The molecule has 1 aliphatic rings. The number of aromatic nitrogens is 1. The van der Waals surface area contributed by atoms with Crippen LogP contribution in [0.5, 0.6) is 0 Å². The van der Waals surface area contributed by atoms with Crippen molar-refractivity contribution in [1.82, 2.24) is 14.8 Å². The molecule has 0 saturated carbocycles. The minimum absolute atomic E-state index is 0.0850. The Morgan fingerprint density at radius 1 is 1.40 bits per heavy atom. The van der Waals surface area contributed by atoms with Crippen molar-refractivity contribution in [2.75, 3.05) is 32.4 Å². The highest BCUT2D eigenvalue weighted by molar-refractivity contribution is 6.07. The van der Waals surface area contributed by atoms with Crippen molar-refractivity contribution in [3.05, 3.63) is 30.0 Å². The third-order valence-electron chi connectivity index (χ3n) is 4.18. The highest BCUT2D eigenvalue weighted by atomic mass is 16.2. The second-order valence-corrected chi connectivity index (χ2v) is 5.59. The topological polar surface area (TPSA) is 65.4 Å². The SMILES string of the molecule is CC1CN(C(=O)c2c[nH]c3ccc(N)cc23)CCN1C. The van der Waals surface area contributed by atoms with Gasteiger partial charge < -0.3 is 20.5 Å². The number of piperazine rings is 1. The molecule has 2 aromatic rings. The van der Waals surface area contributed by atoms with Gasteiger partial charge in [0.25, 0.3) is 5.91 Å². The molecule has 0 aliphatic carbocycles. The van der Waals surface area contributed by atoms with Gasteiger partial charge in [0, 0.05) is 48.5 Å². The van der Waals surface area contributed by atoms with Crippen molar-refractivity contribution < 1.29 is 4.79 Å². The number of fused-ring (bicyclic) bond motifs is 1. The Morgan fingerprint density at radius 2 is 2.20 bits per heavy atom. The summed E-state index contributed by atoms with van der Waals surface area (Å²) in [5.41, 5.74) is 8.16. The number of carbonyl (C=O) groups is 1. The number of nitrogens with zero attached hydrogens (tertiary/aromatic N) is 2. The highest BCUT2D eigenvalue weighted by Gasteiger charge is 2.26. The number of hydrogen-bond acceptors (Lipinski definition) is 3. The summed E-state index contributed by atoms with van der Waals surface area (Å²) < 4.78 is 0. The number of nitrogen functional groups attached to an aromatic ring is 1. The maximum atomic E-state index is 12.7. The lowest BCUT2D eigenvalue weighted by molar-refractivity contribution is 0.0574. The van der Waals surface area contributed by atoms with E-state index in [0.29, 0.717) is 17.3 Å². The van der Waals surface area contributed by atoms with Gasteiger partial charge in [0.2, 0.25) is 0 Å². The summed E-state index contributed by atoms with van der Waals surface area (Å²) in [7, 11) is 2.10. The van der Waals surface area contributed by atoms with Crippen LogP contribution in [0.2, 0.25) is 0 Å². The summed E-state index contributed by atoms with van der Waals surface area (Å²) in [6, 6.07) is 6.00. The van der Waals surface area contributed by atoms with E-state index in [9.17, 15) is 4.79 Å². The van der Waals surface area contributed by atoms with E-state index in [2.05, 4.69) is 23.9 Å². The molecule has 1 unspecified atom stereocenters. The van der Waals surface area contributed by atoms with Gasteiger partial charge in [-0.2, -0.15) is 0 Å². The van der Waals surface area contributed by atoms with Crippen LogP contribution >= 0.6 is 0 Å². The molecule has 1 aromatic heterocycles. The van der Waals surface area contributed by atoms with Gasteiger partial charge in [-0.3, -0.25) is 4.79 Å². The van der Waals surface area contributed by atoms with Crippen molar-refractivity contribution in [2.45, 2.75) is 13.0 Å². The summed E-state index contributed by atoms with van der Waals surface area (Å²) in [6.45, 7) is 4.60. The summed E-state index contributed by atoms with van der Waals surface area (Å²) in [5, 5.41) is 0.904. The standard InChI is InChI=1S/C15H20N4O/c1-10-9-19(6-5-18(10)2)15(20)13-8-17-14-4-3-11(16)7-12(13)14/h3-4,7-8,10,17H,5-6,9,16H2,1-2H3. The molecule has 1 fully saturated rings. The predicted molar refractivity (Wildman–Crippen MR) is 80.7 cm³/mol. The molecule has 106 valence electrons. The zero-order valence-corrected chi connectivity index (χ0v) is 11.9. The first kappa shape index (κ1) is 13.0. The lowest BCUT2D eigenvalue weighted by Crippen LogP contribution is -2.51. The van der Waals surface area contributed by atoms with Crippen LogP contribution in [0.15, 0.2) is 24.4 Å². The average Bonchev–Trinajstić information content (AvgIpc) is 2.84. The van der Waals surface area contributed by atoms with Crippen LogP contribution in [0.25, 0.3) is 10.9 Å². The Labute approximate surface area is 118 Å². The fraction of sp³-hybridized carbons (Fsp3) is 0.400. The molecular weight excluding hydrogens is 252 g/mol. The number of carbonyl (C=O) groups excluding carboxylic acids is 1. The molecule has 1 saturated heterocycles. The van der Waals surface area contributed by atoms with Crippen LogP contribution in [0, 0.1) is 0 Å². The molecule has 5 nitrogen and oxygen atoms in total. The quantitative estimate of drug-likeness (QED) is 0.774. The molecule has 0 spiro atoms. The van der Waals surface area contributed by atoms with Crippen molar-refractivity contribution in [2.24, 2.45) is 0 Å². The van der Waals surface area contributed by atoms with Crippen molar-refractivity contribution >= 4 is 22.5 Å². The van der Waals surface area contributed by atoms with Crippen LogP contribution in [-0.4, -0.2) is 53.4 Å². The maximum Gasteiger partial charge on any atom is 0.256 e. The Hall–Kier alpha value is -2.01. The maximum absolute atomic E-state index is 12.7. The smallest absolute Gasteiger partial charge is 0.256 e. The Bertz CT molecular complexity index is 648.